The third-order valence-electron chi connectivity index (χ3n) is 4.01. The summed E-state index contributed by atoms with van der Waals surface area (Å²) in [5, 5.41) is 6.62. The van der Waals surface area contributed by atoms with E-state index in [0.717, 1.165) is 30.1 Å². The summed E-state index contributed by atoms with van der Waals surface area (Å²) in [7, 11) is 1.79. The molecule has 2 aromatic carbocycles. The van der Waals surface area contributed by atoms with Gasteiger partial charge in [0, 0.05) is 26.2 Å². The fourth-order valence-corrected chi connectivity index (χ4v) is 2.75. The number of nitrogens with one attached hydrogen (secondary N) is 2. The third kappa shape index (κ3) is 4.38. The highest BCUT2D eigenvalue weighted by Gasteiger charge is 2.03. The number of benzene rings is 2. The summed E-state index contributed by atoms with van der Waals surface area (Å²) in [5.41, 5.74) is 4.69. The zero-order valence-electron chi connectivity index (χ0n) is 15.0. The monoisotopic (exact) mass is 335 g/mol. The Kier molecular flexibility index (Phi) is 5.33. The van der Waals surface area contributed by atoms with Gasteiger partial charge in [0.25, 0.3) is 0 Å². The Labute approximate surface area is 148 Å². The molecule has 0 saturated heterocycles. The molecule has 130 valence electrons. The molecule has 0 amide bonds. The lowest BCUT2D eigenvalue weighted by Gasteiger charge is -2.14. The number of fused-ring (bicyclic) bond motifs is 1. The van der Waals surface area contributed by atoms with Gasteiger partial charge in [-0.3, -0.25) is 4.99 Å². The molecule has 25 heavy (non-hydrogen) atoms. The second-order valence-electron chi connectivity index (χ2n) is 6.40. The first-order valence-electron chi connectivity index (χ1n) is 8.60. The summed E-state index contributed by atoms with van der Waals surface area (Å²) in [5.74, 6) is 0.823. The Balaban J connectivity index is 1.62. The van der Waals surface area contributed by atoms with Crippen molar-refractivity contribution in [3.05, 3.63) is 66.0 Å². The van der Waals surface area contributed by atoms with Crippen LogP contribution in [0.3, 0.4) is 0 Å². The lowest BCUT2D eigenvalue weighted by Crippen LogP contribution is -2.40. The fourth-order valence-electron chi connectivity index (χ4n) is 2.75. The molecule has 0 radical (unpaired) electrons. The molecule has 1 aromatic heterocycles. The lowest BCUT2D eigenvalue weighted by atomic mass is 10.1. The average Bonchev–Trinajstić information content (AvgIpc) is 3.02. The van der Waals surface area contributed by atoms with Crippen molar-refractivity contribution in [2.75, 3.05) is 7.05 Å². The molecule has 3 aromatic rings. The summed E-state index contributed by atoms with van der Waals surface area (Å²) in [6, 6.07) is 17.2. The normalized spacial score (nSPS) is 11.9. The van der Waals surface area contributed by atoms with E-state index in [0.29, 0.717) is 6.04 Å². The number of guanidine groups is 1. The van der Waals surface area contributed by atoms with E-state index >= 15 is 0 Å². The number of aromatic nitrogens is 2. The number of nitrogens with zero attached hydrogens (tertiary/aromatic N) is 3. The molecule has 3 rings (SSSR count). The van der Waals surface area contributed by atoms with Crippen LogP contribution in [0.25, 0.3) is 11.0 Å². The first-order valence-corrected chi connectivity index (χ1v) is 8.60. The topological polar surface area (TPSA) is 54.2 Å². The standard InChI is InChI=1S/C20H25N5/c1-15(2)24-20(21-3)22-12-16-8-10-17(11-9-16)13-25-14-23-18-6-4-5-7-19(18)25/h4-11,14-15H,12-13H2,1-3H3,(H2,21,22,24). The largest absolute Gasteiger partial charge is 0.354 e. The van der Waals surface area contributed by atoms with Crippen molar-refractivity contribution in [3.8, 4) is 0 Å². The van der Waals surface area contributed by atoms with E-state index in [1.807, 2.05) is 24.5 Å². The van der Waals surface area contributed by atoms with Gasteiger partial charge in [-0.15, -0.1) is 0 Å². The number of para-hydroxylation sites is 2. The summed E-state index contributed by atoms with van der Waals surface area (Å²) < 4.78 is 2.18. The van der Waals surface area contributed by atoms with Gasteiger partial charge in [-0.05, 0) is 37.1 Å². The molecule has 0 fully saturated rings. The van der Waals surface area contributed by atoms with E-state index < -0.39 is 0 Å². The van der Waals surface area contributed by atoms with Crippen molar-refractivity contribution >= 4 is 17.0 Å². The van der Waals surface area contributed by atoms with Crippen molar-refractivity contribution in [2.45, 2.75) is 33.0 Å². The molecule has 5 heteroatoms. The predicted octanol–water partition coefficient (Wildman–Crippen LogP) is 3.16. The van der Waals surface area contributed by atoms with Crippen molar-refractivity contribution in [1.82, 2.24) is 20.2 Å². The summed E-state index contributed by atoms with van der Waals surface area (Å²) in [6.07, 6.45) is 1.90. The van der Waals surface area contributed by atoms with E-state index in [9.17, 15) is 0 Å². The van der Waals surface area contributed by atoms with Crippen LogP contribution in [0.4, 0.5) is 0 Å². The summed E-state index contributed by atoms with van der Waals surface area (Å²) in [4.78, 5) is 8.67. The van der Waals surface area contributed by atoms with Gasteiger partial charge in [0.15, 0.2) is 5.96 Å². The number of aliphatic imine (C=N–C) groups is 1. The number of imidazole rings is 1. The molecule has 0 saturated carbocycles. The molecular formula is C20H25N5. The first kappa shape index (κ1) is 17.0. The van der Waals surface area contributed by atoms with Gasteiger partial charge >= 0.3 is 0 Å². The van der Waals surface area contributed by atoms with Crippen molar-refractivity contribution in [3.63, 3.8) is 0 Å². The van der Waals surface area contributed by atoms with Crippen LogP contribution < -0.4 is 10.6 Å². The molecule has 0 bridgehead atoms. The number of rotatable bonds is 5. The second-order valence-corrected chi connectivity index (χ2v) is 6.40. The molecule has 0 unspecified atom stereocenters. The maximum absolute atomic E-state index is 4.45. The van der Waals surface area contributed by atoms with Crippen LogP contribution >= 0.6 is 0 Å². The predicted molar refractivity (Wildman–Crippen MR) is 104 cm³/mol. The Morgan fingerprint density at radius 3 is 2.52 bits per heavy atom. The van der Waals surface area contributed by atoms with Gasteiger partial charge in [0.1, 0.15) is 0 Å². The molecule has 0 aliphatic rings. The zero-order chi connectivity index (χ0) is 17.6. The van der Waals surface area contributed by atoms with E-state index in [-0.39, 0.29) is 0 Å². The average molecular weight is 335 g/mol. The van der Waals surface area contributed by atoms with E-state index in [4.69, 9.17) is 0 Å². The molecule has 5 nitrogen and oxygen atoms in total. The lowest BCUT2D eigenvalue weighted by molar-refractivity contribution is 0.699. The third-order valence-corrected chi connectivity index (χ3v) is 4.01. The van der Waals surface area contributed by atoms with Gasteiger partial charge in [0.2, 0.25) is 0 Å². The van der Waals surface area contributed by atoms with Crippen LogP contribution in [0, 0.1) is 0 Å². The highest BCUT2D eigenvalue weighted by atomic mass is 15.2. The highest BCUT2D eigenvalue weighted by molar-refractivity contribution is 5.79. The van der Waals surface area contributed by atoms with Gasteiger partial charge < -0.3 is 15.2 Å². The minimum Gasteiger partial charge on any atom is -0.354 e. The van der Waals surface area contributed by atoms with Crippen molar-refractivity contribution in [1.29, 1.82) is 0 Å². The highest BCUT2D eigenvalue weighted by Crippen LogP contribution is 2.14. The van der Waals surface area contributed by atoms with Gasteiger partial charge in [-0.25, -0.2) is 4.98 Å². The van der Waals surface area contributed by atoms with Gasteiger partial charge in [-0.1, -0.05) is 36.4 Å². The minimum atomic E-state index is 0.360. The smallest absolute Gasteiger partial charge is 0.191 e. The maximum atomic E-state index is 4.45. The van der Waals surface area contributed by atoms with Crippen molar-refractivity contribution < 1.29 is 0 Å². The molecule has 0 spiro atoms. The van der Waals surface area contributed by atoms with Crippen LogP contribution in [-0.2, 0) is 13.1 Å². The SMILES string of the molecule is CN=C(NCc1ccc(Cn2cnc3ccccc32)cc1)NC(C)C. The molecule has 1 heterocycles. The zero-order valence-corrected chi connectivity index (χ0v) is 15.0. The van der Waals surface area contributed by atoms with Gasteiger partial charge in [0.05, 0.1) is 17.4 Å². The van der Waals surface area contributed by atoms with E-state index in [1.165, 1.54) is 11.1 Å². The molecule has 0 aliphatic heterocycles. The Morgan fingerprint density at radius 2 is 1.80 bits per heavy atom. The summed E-state index contributed by atoms with van der Waals surface area (Å²) >= 11 is 0. The number of hydrogen-bond donors (Lipinski definition) is 2. The Hall–Kier alpha value is -2.82. The molecule has 0 atom stereocenters. The van der Waals surface area contributed by atoms with Crippen LogP contribution in [-0.4, -0.2) is 28.6 Å². The quantitative estimate of drug-likeness (QED) is 0.556. The van der Waals surface area contributed by atoms with Crippen LogP contribution in [0.5, 0.6) is 0 Å². The van der Waals surface area contributed by atoms with E-state index in [2.05, 4.69) is 69.4 Å². The minimum absolute atomic E-state index is 0.360. The Bertz CT molecular complexity index is 846. The Morgan fingerprint density at radius 1 is 1.08 bits per heavy atom. The van der Waals surface area contributed by atoms with Crippen LogP contribution in [0.1, 0.15) is 25.0 Å². The molecular weight excluding hydrogens is 310 g/mol. The second kappa shape index (κ2) is 7.83. The first-order chi connectivity index (χ1) is 12.2. The van der Waals surface area contributed by atoms with Crippen molar-refractivity contribution in [2.24, 2.45) is 4.99 Å². The number of hydrogen-bond acceptors (Lipinski definition) is 2. The maximum Gasteiger partial charge on any atom is 0.191 e. The fraction of sp³-hybridized carbons (Fsp3) is 0.300. The van der Waals surface area contributed by atoms with Gasteiger partial charge in [-0.2, -0.15) is 0 Å². The van der Waals surface area contributed by atoms with E-state index in [1.54, 1.807) is 7.05 Å². The summed E-state index contributed by atoms with van der Waals surface area (Å²) in [6.45, 7) is 5.77. The molecule has 2 N–H and O–H groups in total. The van der Waals surface area contributed by atoms with Crippen LogP contribution in [0.2, 0.25) is 0 Å². The van der Waals surface area contributed by atoms with Crippen LogP contribution in [0.15, 0.2) is 59.9 Å². The molecule has 0 aliphatic carbocycles.